The summed E-state index contributed by atoms with van der Waals surface area (Å²) in [6.45, 7) is 1.48. The van der Waals surface area contributed by atoms with Gasteiger partial charge in [-0.2, -0.15) is 13.2 Å². The first kappa shape index (κ1) is 24.9. The Balaban J connectivity index is 1.64. The lowest BCUT2D eigenvalue weighted by Gasteiger charge is -2.12. The number of rotatable bonds is 8. The van der Waals surface area contributed by atoms with Crippen LogP contribution in [0.3, 0.4) is 0 Å². The molecule has 1 aromatic heterocycles. The minimum atomic E-state index is -4.48. The summed E-state index contributed by atoms with van der Waals surface area (Å²) in [5.41, 5.74) is 1.04. The lowest BCUT2D eigenvalue weighted by Crippen LogP contribution is -2.24. The summed E-state index contributed by atoms with van der Waals surface area (Å²) in [5.74, 6) is -1.67. The number of carboxylic acid groups (broad SMARTS) is 1. The number of hydrogen-bond acceptors (Lipinski definition) is 3. The zero-order valence-corrected chi connectivity index (χ0v) is 18.2. The highest BCUT2D eigenvalue weighted by molar-refractivity contribution is 5.92. The van der Waals surface area contributed by atoms with Gasteiger partial charge in [0, 0.05) is 12.2 Å². The second kappa shape index (κ2) is 10.5. The molecule has 178 valence electrons. The summed E-state index contributed by atoms with van der Waals surface area (Å²) in [7, 11) is 0. The minimum Gasteiger partial charge on any atom is -0.478 e. The molecule has 1 heterocycles. The van der Waals surface area contributed by atoms with Crippen LogP contribution in [0.4, 0.5) is 17.6 Å². The number of alkyl halides is 4. The summed E-state index contributed by atoms with van der Waals surface area (Å²) in [4.78, 5) is 27.6. The highest BCUT2D eigenvalue weighted by Crippen LogP contribution is 2.29. The van der Waals surface area contributed by atoms with Crippen LogP contribution in [0.2, 0.25) is 0 Å². The number of carboxylic acids is 1. The Morgan fingerprint density at radius 2 is 1.74 bits per heavy atom. The van der Waals surface area contributed by atoms with Crippen molar-refractivity contribution >= 4 is 11.9 Å². The van der Waals surface area contributed by atoms with Gasteiger partial charge in [0.2, 0.25) is 0 Å². The molecule has 0 aliphatic carbocycles. The maximum atomic E-state index is 14.9. The number of nitrogens with one attached hydrogen (secondary N) is 1. The molecule has 0 saturated carbocycles. The van der Waals surface area contributed by atoms with Gasteiger partial charge in [-0.25, -0.2) is 14.2 Å². The first-order chi connectivity index (χ1) is 16.0. The van der Waals surface area contributed by atoms with Gasteiger partial charge in [0.25, 0.3) is 5.91 Å². The van der Waals surface area contributed by atoms with Gasteiger partial charge >= 0.3 is 12.1 Å². The monoisotopic (exact) mass is 474 g/mol. The van der Waals surface area contributed by atoms with E-state index >= 15 is 0 Å². The highest BCUT2D eigenvalue weighted by atomic mass is 19.4. The number of carbonyl (C=O) groups excluding carboxylic acids is 1. The van der Waals surface area contributed by atoms with E-state index in [2.05, 4.69) is 10.3 Å². The molecule has 1 amide bonds. The largest absolute Gasteiger partial charge is 0.478 e. The fourth-order valence-corrected chi connectivity index (χ4v) is 3.40. The third-order valence-electron chi connectivity index (χ3n) is 5.16. The Morgan fingerprint density at radius 1 is 1.03 bits per heavy atom. The van der Waals surface area contributed by atoms with Crippen molar-refractivity contribution in [1.29, 1.82) is 0 Å². The lowest BCUT2D eigenvalue weighted by molar-refractivity contribution is -0.137. The normalized spacial score (nSPS) is 12.3. The van der Waals surface area contributed by atoms with E-state index in [0.29, 0.717) is 12.1 Å². The van der Waals surface area contributed by atoms with Gasteiger partial charge in [-0.15, -0.1) is 0 Å². The topological polar surface area (TPSA) is 79.3 Å². The summed E-state index contributed by atoms with van der Waals surface area (Å²) in [6.07, 6.45) is -5.40. The number of amides is 1. The van der Waals surface area contributed by atoms with Crippen LogP contribution in [-0.2, 0) is 19.1 Å². The average Bonchev–Trinajstić information content (AvgIpc) is 2.80. The molecule has 2 N–H and O–H groups in total. The van der Waals surface area contributed by atoms with Crippen LogP contribution < -0.4 is 5.32 Å². The lowest BCUT2D eigenvalue weighted by atomic mass is 10.0. The quantitative estimate of drug-likeness (QED) is 0.412. The number of aromatic nitrogens is 1. The Bertz CT molecular complexity index is 1180. The van der Waals surface area contributed by atoms with Gasteiger partial charge in [-0.05, 0) is 72.9 Å². The first-order valence-corrected chi connectivity index (χ1v) is 10.4. The summed E-state index contributed by atoms with van der Waals surface area (Å²) >= 11 is 0. The second-order valence-electron chi connectivity index (χ2n) is 7.82. The van der Waals surface area contributed by atoms with Crippen molar-refractivity contribution in [3.8, 4) is 0 Å². The van der Waals surface area contributed by atoms with Crippen molar-refractivity contribution in [3.63, 3.8) is 0 Å². The predicted molar refractivity (Wildman–Crippen MR) is 117 cm³/mol. The standard InChI is InChI=1S/C25H22F4N2O3/c1-15-11-19(21(26)10-7-16-5-8-18(9-6-16)24(33)34)13-22(31-15)23(32)30-14-17-3-2-4-20(12-17)25(27,28)29/h2-6,8-9,11-13,21H,7,10,14H2,1H3,(H,30,32)(H,33,34). The van der Waals surface area contributed by atoms with Crippen molar-refractivity contribution in [2.45, 2.75) is 38.7 Å². The molecule has 34 heavy (non-hydrogen) atoms. The number of benzene rings is 2. The van der Waals surface area contributed by atoms with Crippen molar-refractivity contribution in [2.24, 2.45) is 0 Å². The van der Waals surface area contributed by atoms with Crippen LogP contribution in [-0.4, -0.2) is 22.0 Å². The van der Waals surface area contributed by atoms with Gasteiger partial charge in [0.15, 0.2) is 0 Å². The number of aryl methyl sites for hydroxylation is 2. The van der Waals surface area contributed by atoms with Crippen LogP contribution in [0.25, 0.3) is 0 Å². The van der Waals surface area contributed by atoms with Gasteiger partial charge in [-0.3, -0.25) is 4.79 Å². The van der Waals surface area contributed by atoms with E-state index in [1.165, 1.54) is 36.4 Å². The fraction of sp³-hybridized carbons (Fsp3) is 0.240. The van der Waals surface area contributed by atoms with Crippen molar-refractivity contribution in [2.75, 3.05) is 0 Å². The smallest absolute Gasteiger partial charge is 0.416 e. The molecule has 2 aromatic carbocycles. The SMILES string of the molecule is Cc1cc(C(F)CCc2ccc(C(=O)O)cc2)cc(C(=O)NCc2cccc(C(F)(F)F)c2)n1. The molecule has 1 unspecified atom stereocenters. The predicted octanol–water partition coefficient (Wildman–Crippen LogP) is 5.68. The van der Waals surface area contributed by atoms with E-state index in [9.17, 15) is 27.2 Å². The van der Waals surface area contributed by atoms with E-state index in [0.717, 1.165) is 17.7 Å². The molecule has 9 heteroatoms. The zero-order chi connectivity index (χ0) is 24.9. The van der Waals surface area contributed by atoms with Crippen LogP contribution in [0.1, 0.15) is 61.4 Å². The molecular formula is C25H22F4N2O3. The van der Waals surface area contributed by atoms with E-state index in [-0.39, 0.29) is 35.3 Å². The molecular weight excluding hydrogens is 452 g/mol. The van der Waals surface area contributed by atoms with Crippen LogP contribution in [0, 0.1) is 6.92 Å². The molecule has 1 atom stereocenters. The van der Waals surface area contributed by atoms with E-state index in [4.69, 9.17) is 5.11 Å². The Morgan fingerprint density at radius 3 is 2.38 bits per heavy atom. The van der Waals surface area contributed by atoms with E-state index in [1.54, 1.807) is 19.1 Å². The Kier molecular flexibility index (Phi) is 7.65. The Labute approximate surface area is 193 Å². The zero-order valence-electron chi connectivity index (χ0n) is 18.2. The average molecular weight is 474 g/mol. The van der Waals surface area contributed by atoms with Crippen LogP contribution in [0.15, 0.2) is 60.7 Å². The van der Waals surface area contributed by atoms with Crippen LogP contribution in [0.5, 0.6) is 0 Å². The number of nitrogens with zero attached hydrogens (tertiary/aromatic N) is 1. The number of carbonyl (C=O) groups is 2. The summed E-state index contributed by atoms with van der Waals surface area (Å²) in [5, 5.41) is 11.5. The summed E-state index contributed by atoms with van der Waals surface area (Å²) in [6, 6.07) is 13.6. The third-order valence-corrected chi connectivity index (χ3v) is 5.16. The Hall–Kier alpha value is -3.75. The van der Waals surface area contributed by atoms with E-state index < -0.39 is 29.8 Å². The van der Waals surface area contributed by atoms with Gasteiger partial charge in [0.05, 0.1) is 11.1 Å². The molecule has 0 aliphatic heterocycles. The second-order valence-corrected chi connectivity index (χ2v) is 7.82. The van der Waals surface area contributed by atoms with Crippen molar-refractivity contribution in [3.05, 3.63) is 99.9 Å². The van der Waals surface area contributed by atoms with Gasteiger partial charge in [-0.1, -0.05) is 24.3 Å². The van der Waals surface area contributed by atoms with Crippen molar-refractivity contribution in [1.82, 2.24) is 10.3 Å². The summed E-state index contributed by atoms with van der Waals surface area (Å²) < 4.78 is 53.5. The number of hydrogen-bond donors (Lipinski definition) is 2. The van der Waals surface area contributed by atoms with Gasteiger partial charge < -0.3 is 10.4 Å². The first-order valence-electron chi connectivity index (χ1n) is 10.4. The molecule has 0 aliphatic rings. The van der Waals surface area contributed by atoms with E-state index in [1.807, 2.05) is 0 Å². The molecule has 0 spiro atoms. The highest BCUT2D eigenvalue weighted by Gasteiger charge is 2.30. The number of pyridine rings is 1. The number of halogens is 4. The maximum Gasteiger partial charge on any atom is 0.416 e. The minimum absolute atomic E-state index is 0.0320. The number of aromatic carboxylic acids is 1. The third kappa shape index (κ3) is 6.63. The molecule has 0 bridgehead atoms. The fourth-order valence-electron chi connectivity index (χ4n) is 3.40. The molecule has 0 saturated heterocycles. The molecule has 3 aromatic rings. The molecule has 0 fully saturated rings. The van der Waals surface area contributed by atoms with Gasteiger partial charge in [0.1, 0.15) is 11.9 Å². The molecule has 5 nitrogen and oxygen atoms in total. The maximum absolute atomic E-state index is 14.9. The van der Waals surface area contributed by atoms with Crippen LogP contribution >= 0.6 is 0 Å². The molecule has 3 rings (SSSR count). The van der Waals surface area contributed by atoms with Crippen molar-refractivity contribution < 1.29 is 32.3 Å². The molecule has 0 radical (unpaired) electrons.